The van der Waals surface area contributed by atoms with Crippen LogP contribution < -0.4 is 10.6 Å². The van der Waals surface area contributed by atoms with E-state index in [1.807, 2.05) is 6.92 Å². The van der Waals surface area contributed by atoms with Crippen LogP contribution >= 0.6 is 0 Å². The molecule has 1 atom stereocenters. The van der Waals surface area contributed by atoms with Gasteiger partial charge in [-0.1, -0.05) is 6.92 Å². The fourth-order valence-corrected chi connectivity index (χ4v) is 2.09. The van der Waals surface area contributed by atoms with Crippen molar-refractivity contribution in [3.05, 3.63) is 11.6 Å². The van der Waals surface area contributed by atoms with E-state index in [0.29, 0.717) is 13.0 Å². The lowest BCUT2D eigenvalue weighted by atomic mass is 10.1. The van der Waals surface area contributed by atoms with Gasteiger partial charge in [-0.2, -0.15) is 0 Å². The quantitative estimate of drug-likeness (QED) is 0.749. The van der Waals surface area contributed by atoms with E-state index in [9.17, 15) is 4.79 Å². The number of rotatable bonds is 4. The van der Waals surface area contributed by atoms with Crippen LogP contribution in [-0.2, 0) is 17.8 Å². The smallest absolute Gasteiger partial charge is 0.237 e. The number of nitrogens with zero attached hydrogens (tertiary/aromatic N) is 3. The molecule has 2 rings (SSSR count). The van der Waals surface area contributed by atoms with Crippen molar-refractivity contribution in [2.24, 2.45) is 0 Å². The Morgan fingerprint density at radius 2 is 2.24 bits per heavy atom. The van der Waals surface area contributed by atoms with Gasteiger partial charge in [0.15, 0.2) is 0 Å². The molecule has 0 aliphatic carbocycles. The molecule has 17 heavy (non-hydrogen) atoms. The SMILES string of the molecule is CCCn1c(C)nnc1CC1NCCNC1=O. The van der Waals surface area contributed by atoms with Crippen molar-refractivity contribution in [1.29, 1.82) is 0 Å². The second kappa shape index (κ2) is 5.27. The van der Waals surface area contributed by atoms with Crippen molar-refractivity contribution >= 4 is 5.91 Å². The Balaban J connectivity index is 2.09. The molecule has 1 aromatic heterocycles. The maximum absolute atomic E-state index is 11.6. The third-order valence-electron chi connectivity index (χ3n) is 2.98. The van der Waals surface area contributed by atoms with Gasteiger partial charge < -0.3 is 15.2 Å². The highest BCUT2D eigenvalue weighted by Gasteiger charge is 2.24. The van der Waals surface area contributed by atoms with Crippen LogP contribution in [0.5, 0.6) is 0 Å². The molecule has 94 valence electrons. The number of aromatic nitrogens is 3. The molecule has 0 spiro atoms. The first-order chi connectivity index (χ1) is 8.22. The standard InChI is InChI=1S/C11H19N5O/c1-3-6-16-8(2)14-15-10(16)7-9-11(17)13-5-4-12-9/h9,12H,3-7H2,1-2H3,(H,13,17). The zero-order valence-corrected chi connectivity index (χ0v) is 10.4. The Labute approximate surface area is 101 Å². The number of hydrogen-bond donors (Lipinski definition) is 2. The molecule has 2 N–H and O–H groups in total. The minimum Gasteiger partial charge on any atom is -0.353 e. The van der Waals surface area contributed by atoms with E-state index in [-0.39, 0.29) is 11.9 Å². The number of hydrogen-bond acceptors (Lipinski definition) is 4. The van der Waals surface area contributed by atoms with Gasteiger partial charge in [-0.25, -0.2) is 0 Å². The molecule has 1 fully saturated rings. The summed E-state index contributed by atoms with van der Waals surface area (Å²) in [6, 6.07) is -0.178. The molecule has 0 radical (unpaired) electrons. The first-order valence-electron chi connectivity index (χ1n) is 6.12. The minimum absolute atomic E-state index is 0.0555. The minimum atomic E-state index is -0.178. The highest BCUT2D eigenvalue weighted by Crippen LogP contribution is 2.06. The maximum atomic E-state index is 11.6. The van der Waals surface area contributed by atoms with E-state index in [0.717, 1.165) is 31.2 Å². The van der Waals surface area contributed by atoms with Gasteiger partial charge in [0.2, 0.25) is 5.91 Å². The van der Waals surface area contributed by atoms with E-state index in [4.69, 9.17) is 0 Å². The third-order valence-corrected chi connectivity index (χ3v) is 2.98. The van der Waals surface area contributed by atoms with Crippen LogP contribution in [0.2, 0.25) is 0 Å². The molecule has 1 aromatic rings. The Morgan fingerprint density at radius 1 is 1.41 bits per heavy atom. The molecular weight excluding hydrogens is 218 g/mol. The first kappa shape index (κ1) is 12.0. The van der Waals surface area contributed by atoms with E-state index in [2.05, 4.69) is 32.3 Å². The zero-order chi connectivity index (χ0) is 12.3. The van der Waals surface area contributed by atoms with E-state index < -0.39 is 0 Å². The van der Waals surface area contributed by atoms with Gasteiger partial charge in [-0.05, 0) is 13.3 Å². The lowest BCUT2D eigenvalue weighted by Gasteiger charge is -2.23. The van der Waals surface area contributed by atoms with Crippen LogP contribution in [-0.4, -0.2) is 39.8 Å². The monoisotopic (exact) mass is 237 g/mol. The summed E-state index contributed by atoms with van der Waals surface area (Å²) in [7, 11) is 0. The van der Waals surface area contributed by atoms with Crippen molar-refractivity contribution in [2.75, 3.05) is 13.1 Å². The Hall–Kier alpha value is -1.43. The summed E-state index contributed by atoms with van der Waals surface area (Å²) in [5.74, 6) is 1.86. The van der Waals surface area contributed by atoms with Gasteiger partial charge in [0, 0.05) is 26.1 Å². The molecule has 1 aliphatic heterocycles. The molecule has 1 unspecified atom stereocenters. The molecule has 1 aliphatic rings. The molecule has 1 amide bonds. The van der Waals surface area contributed by atoms with Crippen LogP contribution in [0.25, 0.3) is 0 Å². The summed E-state index contributed by atoms with van der Waals surface area (Å²) in [6.45, 7) is 6.49. The van der Waals surface area contributed by atoms with Crippen molar-refractivity contribution in [3.63, 3.8) is 0 Å². The summed E-state index contributed by atoms with van der Waals surface area (Å²) in [5, 5.41) is 14.3. The molecular formula is C11H19N5O. The largest absolute Gasteiger partial charge is 0.353 e. The number of carbonyl (C=O) groups is 1. The Kier molecular flexibility index (Phi) is 3.73. The molecule has 6 nitrogen and oxygen atoms in total. The molecule has 1 saturated heterocycles. The van der Waals surface area contributed by atoms with Gasteiger partial charge in [-0.3, -0.25) is 4.79 Å². The summed E-state index contributed by atoms with van der Waals surface area (Å²) in [5.41, 5.74) is 0. The van der Waals surface area contributed by atoms with E-state index >= 15 is 0 Å². The number of nitrogens with one attached hydrogen (secondary N) is 2. The van der Waals surface area contributed by atoms with Gasteiger partial charge in [-0.15, -0.1) is 10.2 Å². The number of carbonyl (C=O) groups excluding carboxylic acids is 1. The van der Waals surface area contributed by atoms with Crippen molar-refractivity contribution in [1.82, 2.24) is 25.4 Å². The Morgan fingerprint density at radius 3 is 2.94 bits per heavy atom. The number of piperazine rings is 1. The second-order valence-corrected chi connectivity index (χ2v) is 4.32. The van der Waals surface area contributed by atoms with Gasteiger partial charge >= 0.3 is 0 Å². The average Bonchev–Trinajstić information content (AvgIpc) is 2.65. The zero-order valence-electron chi connectivity index (χ0n) is 10.4. The van der Waals surface area contributed by atoms with Crippen molar-refractivity contribution in [2.45, 2.75) is 39.3 Å². The van der Waals surface area contributed by atoms with Gasteiger partial charge in [0.05, 0.1) is 6.04 Å². The maximum Gasteiger partial charge on any atom is 0.237 e. The average molecular weight is 237 g/mol. The summed E-state index contributed by atoms with van der Waals surface area (Å²) < 4.78 is 2.09. The van der Waals surface area contributed by atoms with Crippen molar-refractivity contribution in [3.8, 4) is 0 Å². The second-order valence-electron chi connectivity index (χ2n) is 4.32. The van der Waals surface area contributed by atoms with Gasteiger partial charge in [0.1, 0.15) is 11.6 Å². The predicted molar refractivity (Wildman–Crippen MR) is 63.6 cm³/mol. The highest BCUT2D eigenvalue weighted by molar-refractivity contribution is 5.82. The van der Waals surface area contributed by atoms with Crippen LogP contribution in [0.1, 0.15) is 25.0 Å². The highest BCUT2D eigenvalue weighted by atomic mass is 16.2. The topological polar surface area (TPSA) is 71.8 Å². The summed E-state index contributed by atoms with van der Waals surface area (Å²) in [6.07, 6.45) is 1.64. The molecule has 0 saturated carbocycles. The van der Waals surface area contributed by atoms with Crippen molar-refractivity contribution < 1.29 is 4.79 Å². The van der Waals surface area contributed by atoms with Crippen LogP contribution in [0, 0.1) is 6.92 Å². The fourth-order valence-electron chi connectivity index (χ4n) is 2.09. The predicted octanol–water partition coefficient (Wildman–Crippen LogP) is -0.373. The lowest BCUT2D eigenvalue weighted by molar-refractivity contribution is -0.124. The van der Waals surface area contributed by atoms with E-state index in [1.165, 1.54) is 0 Å². The lowest BCUT2D eigenvalue weighted by Crippen LogP contribution is -2.54. The normalized spacial score (nSPS) is 20.4. The Bertz CT molecular complexity index is 401. The van der Waals surface area contributed by atoms with Crippen LogP contribution in [0.4, 0.5) is 0 Å². The van der Waals surface area contributed by atoms with E-state index in [1.54, 1.807) is 0 Å². The van der Waals surface area contributed by atoms with Gasteiger partial charge in [0.25, 0.3) is 0 Å². The molecule has 0 aromatic carbocycles. The third kappa shape index (κ3) is 2.63. The summed E-state index contributed by atoms with van der Waals surface area (Å²) in [4.78, 5) is 11.6. The summed E-state index contributed by atoms with van der Waals surface area (Å²) >= 11 is 0. The fraction of sp³-hybridized carbons (Fsp3) is 0.727. The molecule has 0 bridgehead atoms. The van der Waals surface area contributed by atoms with Crippen LogP contribution in [0.3, 0.4) is 0 Å². The number of amides is 1. The number of aryl methyl sites for hydroxylation is 1. The molecule has 6 heteroatoms. The first-order valence-corrected chi connectivity index (χ1v) is 6.12. The molecule has 2 heterocycles. The van der Waals surface area contributed by atoms with Crippen LogP contribution in [0.15, 0.2) is 0 Å².